The van der Waals surface area contributed by atoms with Gasteiger partial charge in [0.1, 0.15) is 11.8 Å². The predicted molar refractivity (Wildman–Crippen MR) is 45.5 cm³/mol. The Morgan fingerprint density at radius 3 is 2.73 bits per heavy atom. The van der Waals surface area contributed by atoms with Crippen molar-refractivity contribution in [1.29, 1.82) is 5.26 Å². The molecule has 0 saturated heterocycles. The van der Waals surface area contributed by atoms with Crippen LogP contribution in [0, 0.1) is 11.3 Å². The molecule has 0 amide bonds. The molecule has 0 bridgehead atoms. The molecule has 1 rings (SSSR count). The van der Waals surface area contributed by atoms with Gasteiger partial charge in [-0.15, -0.1) is 0 Å². The maximum Gasteiger partial charge on any atom is 0.131 e. The third kappa shape index (κ3) is 1.47. The van der Waals surface area contributed by atoms with Crippen LogP contribution in [0.4, 0.5) is 0 Å². The zero-order chi connectivity index (χ0) is 8.43. The third-order valence-electron chi connectivity index (χ3n) is 1.18. The van der Waals surface area contributed by atoms with Gasteiger partial charge in [-0.25, -0.2) is 0 Å². The van der Waals surface area contributed by atoms with E-state index in [1.807, 2.05) is 6.07 Å². The van der Waals surface area contributed by atoms with Crippen LogP contribution in [-0.4, -0.2) is 5.11 Å². The molecule has 0 fully saturated rings. The molecule has 0 unspecified atom stereocenters. The van der Waals surface area contributed by atoms with Crippen LogP contribution < -0.4 is 0 Å². The molecular weight excluding hydrogens is 229 g/mol. The Morgan fingerprint density at radius 2 is 2.18 bits per heavy atom. The van der Waals surface area contributed by atoms with Crippen LogP contribution in [-0.2, 0) is 0 Å². The zero-order valence-corrected chi connectivity index (χ0v) is 7.65. The zero-order valence-electron chi connectivity index (χ0n) is 5.31. The number of hydrogen-bond acceptors (Lipinski definition) is 2. The average Bonchev–Trinajstić information content (AvgIpc) is 2.01. The molecule has 0 atom stereocenters. The first-order valence-electron chi connectivity index (χ1n) is 2.74. The van der Waals surface area contributed by atoms with Gasteiger partial charge in [0.05, 0.1) is 15.1 Å². The summed E-state index contributed by atoms with van der Waals surface area (Å²) in [4.78, 5) is 0. The number of phenols is 1. The minimum Gasteiger partial charge on any atom is -0.507 e. The number of nitrogens with zero attached hydrogens (tertiary/aromatic N) is 1. The van der Waals surface area contributed by atoms with Crippen LogP contribution in [0.3, 0.4) is 0 Å². The lowest BCUT2D eigenvalue weighted by atomic mass is 10.2. The van der Waals surface area contributed by atoms with Gasteiger partial charge in [-0.3, -0.25) is 0 Å². The molecule has 0 heterocycles. The first kappa shape index (κ1) is 8.38. The van der Waals surface area contributed by atoms with Crippen LogP contribution in [0.25, 0.3) is 0 Å². The predicted octanol–water partition coefficient (Wildman–Crippen LogP) is 2.68. The topological polar surface area (TPSA) is 44.0 Å². The molecule has 11 heavy (non-hydrogen) atoms. The van der Waals surface area contributed by atoms with Crippen molar-refractivity contribution in [2.24, 2.45) is 0 Å². The van der Waals surface area contributed by atoms with Gasteiger partial charge in [0.25, 0.3) is 0 Å². The van der Waals surface area contributed by atoms with Crippen molar-refractivity contribution in [3.63, 3.8) is 0 Å². The van der Waals surface area contributed by atoms with E-state index in [9.17, 15) is 0 Å². The molecule has 0 radical (unpaired) electrons. The molecule has 1 N–H and O–H groups in total. The Morgan fingerprint density at radius 1 is 1.55 bits per heavy atom. The Balaban J connectivity index is 3.40. The molecule has 56 valence electrons. The van der Waals surface area contributed by atoms with Gasteiger partial charge >= 0.3 is 0 Å². The number of benzene rings is 1. The summed E-state index contributed by atoms with van der Waals surface area (Å²) in [6.07, 6.45) is 0. The van der Waals surface area contributed by atoms with Gasteiger partial charge in [-0.05, 0) is 28.1 Å². The van der Waals surface area contributed by atoms with E-state index in [0.717, 1.165) is 0 Å². The van der Waals surface area contributed by atoms with Gasteiger partial charge in [0.2, 0.25) is 0 Å². The lowest BCUT2D eigenvalue weighted by molar-refractivity contribution is 0.472. The second-order valence-electron chi connectivity index (χ2n) is 1.87. The van der Waals surface area contributed by atoms with E-state index in [1.165, 1.54) is 12.1 Å². The minimum atomic E-state index is 0.0361. The largest absolute Gasteiger partial charge is 0.507 e. The Kier molecular flexibility index (Phi) is 2.38. The van der Waals surface area contributed by atoms with Crippen LogP contribution in [0.1, 0.15) is 5.56 Å². The highest BCUT2D eigenvalue weighted by atomic mass is 79.9. The standard InChI is InChI=1S/C7H3BrClNO/c8-6-5(11)2-1-4(3-10)7(6)9/h1-2,11H. The van der Waals surface area contributed by atoms with Crippen molar-refractivity contribution in [3.05, 3.63) is 27.2 Å². The maximum atomic E-state index is 9.08. The van der Waals surface area contributed by atoms with Gasteiger partial charge in [0.15, 0.2) is 0 Å². The molecular formula is C7H3BrClNO. The van der Waals surface area contributed by atoms with Gasteiger partial charge < -0.3 is 5.11 Å². The average molecular weight is 232 g/mol. The summed E-state index contributed by atoms with van der Waals surface area (Å²) >= 11 is 8.71. The minimum absolute atomic E-state index is 0.0361. The number of rotatable bonds is 0. The van der Waals surface area contributed by atoms with E-state index < -0.39 is 0 Å². The maximum absolute atomic E-state index is 9.08. The van der Waals surface area contributed by atoms with Crippen molar-refractivity contribution in [3.8, 4) is 11.8 Å². The molecule has 0 aliphatic rings. The van der Waals surface area contributed by atoms with Crippen LogP contribution >= 0.6 is 27.5 Å². The number of aromatic hydroxyl groups is 1. The fraction of sp³-hybridized carbons (Fsp3) is 0. The summed E-state index contributed by atoms with van der Waals surface area (Å²) in [6.45, 7) is 0. The molecule has 1 aromatic rings. The summed E-state index contributed by atoms with van der Waals surface area (Å²) in [6, 6.07) is 4.76. The molecule has 2 nitrogen and oxygen atoms in total. The van der Waals surface area contributed by atoms with Crippen molar-refractivity contribution >= 4 is 27.5 Å². The number of hydrogen-bond donors (Lipinski definition) is 1. The Hall–Kier alpha value is -0.720. The van der Waals surface area contributed by atoms with Crippen molar-refractivity contribution in [1.82, 2.24) is 0 Å². The quantitative estimate of drug-likeness (QED) is 0.747. The number of halogens is 2. The molecule has 0 saturated carbocycles. The van der Waals surface area contributed by atoms with Gasteiger partial charge in [-0.2, -0.15) is 5.26 Å². The van der Waals surface area contributed by atoms with Crippen molar-refractivity contribution < 1.29 is 5.11 Å². The fourth-order valence-corrected chi connectivity index (χ4v) is 1.17. The second-order valence-corrected chi connectivity index (χ2v) is 3.04. The normalized spacial score (nSPS) is 9.18. The fourth-order valence-electron chi connectivity index (χ4n) is 0.626. The molecule has 0 spiro atoms. The first-order chi connectivity index (χ1) is 5.16. The molecule has 4 heteroatoms. The van der Waals surface area contributed by atoms with E-state index in [1.54, 1.807) is 0 Å². The first-order valence-corrected chi connectivity index (χ1v) is 3.91. The number of nitriles is 1. The monoisotopic (exact) mass is 231 g/mol. The summed E-state index contributed by atoms with van der Waals surface area (Å²) in [7, 11) is 0. The van der Waals surface area contributed by atoms with Crippen molar-refractivity contribution in [2.45, 2.75) is 0 Å². The van der Waals surface area contributed by atoms with Crippen LogP contribution in [0.15, 0.2) is 16.6 Å². The molecule has 1 aromatic carbocycles. The van der Waals surface area contributed by atoms with Crippen LogP contribution in [0.5, 0.6) is 5.75 Å². The number of phenolic OH excluding ortho intramolecular Hbond substituents is 1. The lowest BCUT2D eigenvalue weighted by Crippen LogP contribution is -1.78. The highest BCUT2D eigenvalue weighted by Crippen LogP contribution is 2.33. The second kappa shape index (κ2) is 3.12. The smallest absolute Gasteiger partial charge is 0.131 e. The summed E-state index contributed by atoms with van der Waals surface area (Å²) in [5.41, 5.74) is 0.344. The van der Waals surface area contributed by atoms with E-state index in [2.05, 4.69) is 15.9 Å². The SMILES string of the molecule is N#Cc1ccc(O)c(Br)c1Cl. The highest BCUT2D eigenvalue weighted by molar-refractivity contribution is 9.10. The summed E-state index contributed by atoms with van der Waals surface area (Å²) in [5.74, 6) is 0.0361. The highest BCUT2D eigenvalue weighted by Gasteiger charge is 2.07. The van der Waals surface area contributed by atoms with Crippen LogP contribution in [0.2, 0.25) is 5.02 Å². The van der Waals surface area contributed by atoms with Gasteiger partial charge in [0, 0.05) is 0 Å². The molecule has 0 aliphatic carbocycles. The van der Waals surface area contributed by atoms with E-state index in [-0.39, 0.29) is 10.8 Å². The molecule has 0 aliphatic heterocycles. The summed E-state index contributed by atoms with van der Waals surface area (Å²) in [5, 5.41) is 17.8. The van der Waals surface area contributed by atoms with Crippen molar-refractivity contribution in [2.75, 3.05) is 0 Å². The molecule has 0 aromatic heterocycles. The Bertz CT molecular complexity index is 332. The third-order valence-corrected chi connectivity index (χ3v) is 2.61. The van der Waals surface area contributed by atoms with E-state index in [4.69, 9.17) is 22.0 Å². The van der Waals surface area contributed by atoms with E-state index >= 15 is 0 Å². The van der Waals surface area contributed by atoms with Gasteiger partial charge in [-0.1, -0.05) is 11.6 Å². The lowest BCUT2D eigenvalue weighted by Gasteiger charge is -1.99. The Labute approximate surface area is 77.2 Å². The van der Waals surface area contributed by atoms with E-state index in [0.29, 0.717) is 10.0 Å². The summed E-state index contributed by atoms with van der Waals surface area (Å²) < 4.78 is 0.359.